The Balaban J connectivity index is 4.22. The van der Waals surface area contributed by atoms with Gasteiger partial charge in [0, 0.05) is 19.3 Å². The second kappa shape index (κ2) is 58.7. The van der Waals surface area contributed by atoms with E-state index in [2.05, 4.69) is 34.6 Å². The summed E-state index contributed by atoms with van der Waals surface area (Å²) < 4.78 is 17.0. The SMILES string of the molecule is CCCCCCCCCCCCCCCC(=O)O[C@@H](COC(=O)CCCCCCCCCCCCCCCCCCCCC(C)CC)COC(=O)CCCCCCCCCCCCCCCCCCC(C)C. The molecule has 0 amide bonds. The zero-order valence-electron chi connectivity index (χ0n) is 49.6. The standard InChI is InChI=1S/C66H128O6/c1-6-8-9-10-11-12-13-24-33-38-43-48-53-58-66(69)72-63(60-71-65(68)57-52-47-42-37-32-28-23-19-18-20-25-29-34-39-44-49-54-61(3)4)59-70-64(67)56-51-46-41-36-31-27-22-17-15-14-16-21-26-30-35-40-45-50-55-62(5)7-2/h61-63H,6-60H2,1-5H3/t62?,63-/m0/s1. The van der Waals surface area contributed by atoms with Crippen molar-refractivity contribution < 1.29 is 28.6 Å². The molecule has 0 heterocycles. The summed E-state index contributed by atoms with van der Waals surface area (Å²) in [5, 5.41) is 0. The number of esters is 3. The highest BCUT2D eigenvalue weighted by atomic mass is 16.6. The van der Waals surface area contributed by atoms with E-state index in [4.69, 9.17) is 14.2 Å². The number of carbonyl (C=O) groups excluding carboxylic acids is 3. The molecule has 0 aliphatic carbocycles. The van der Waals surface area contributed by atoms with Crippen molar-refractivity contribution in [3.63, 3.8) is 0 Å². The van der Waals surface area contributed by atoms with Crippen molar-refractivity contribution in [1.82, 2.24) is 0 Å². The van der Waals surface area contributed by atoms with Gasteiger partial charge in [0.25, 0.3) is 0 Å². The number of carbonyl (C=O) groups is 3. The van der Waals surface area contributed by atoms with E-state index in [0.29, 0.717) is 19.3 Å². The molecule has 6 heteroatoms. The Labute approximate surface area is 450 Å². The lowest BCUT2D eigenvalue weighted by Gasteiger charge is -2.18. The van der Waals surface area contributed by atoms with Gasteiger partial charge in [-0.25, -0.2) is 0 Å². The van der Waals surface area contributed by atoms with Gasteiger partial charge >= 0.3 is 17.9 Å². The van der Waals surface area contributed by atoms with Gasteiger partial charge in [-0.3, -0.25) is 14.4 Å². The first-order valence-electron chi connectivity index (χ1n) is 32.8. The van der Waals surface area contributed by atoms with Crippen LogP contribution in [-0.4, -0.2) is 37.2 Å². The van der Waals surface area contributed by atoms with Gasteiger partial charge in [-0.2, -0.15) is 0 Å². The summed E-state index contributed by atoms with van der Waals surface area (Å²) in [5.41, 5.74) is 0. The smallest absolute Gasteiger partial charge is 0.306 e. The molecule has 0 spiro atoms. The predicted molar refractivity (Wildman–Crippen MR) is 312 cm³/mol. The molecule has 0 rings (SSSR count). The number of hydrogen-bond donors (Lipinski definition) is 0. The van der Waals surface area contributed by atoms with Crippen molar-refractivity contribution >= 4 is 17.9 Å². The van der Waals surface area contributed by atoms with Crippen LogP contribution in [0.1, 0.15) is 375 Å². The minimum Gasteiger partial charge on any atom is -0.462 e. The molecule has 72 heavy (non-hydrogen) atoms. The Kier molecular flexibility index (Phi) is 57.4. The lowest BCUT2D eigenvalue weighted by Crippen LogP contribution is -2.30. The molecule has 0 radical (unpaired) electrons. The summed E-state index contributed by atoms with van der Waals surface area (Å²) in [4.78, 5) is 38.3. The number of rotatable bonds is 60. The van der Waals surface area contributed by atoms with E-state index in [9.17, 15) is 14.4 Å². The Morgan fingerprint density at radius 3 is 0.792 bits per heavy atom. The molecular weight excluding hydrogens is 889 g/mol. The Hall–Kier alpha value is -1.59. The monoisotopic (exact) mass is 1020 g/mol. The van der Waals surface area contributed by atoms with E-state index in [1.165, 1.54) is 263 Å². The van der Waals surface area contributed by atoms with Crippen LogP contribution in [-0.2, 0) is 28.6 Å². The Bertz CT molecular complexity index is 1110. The first-order valence-corrected chi connectivity index (χ1v) is 32.8. The molecule has 0 aromatic heterocycles. The third kappa shape index (κ3) is 57.7. The molecule has 0 bridgehead atoms. The van der Waals surface area contributed by atoms with Gasteiger partial charge in [0.15, 0.2) is 6.10 Å². The zero-order chi connectivity index (χ0) is 52.5. The fraction of sp³-hybridized carbons (Fsp3) is 0.955. The molecule has 0 N–H and O–H groups in total. The fourth-order valence-electron chi connectivity index (χ4n) is 10.3. The summed E-state index contributed by atoms with van der Waals surface area (Å²) in [6, 6.07) is 0. The number of hydrogen-bond acceptors (Lipinski definition) is 6. The maximum atomic E-state index is 12.9. The normalized spacial score (nSPS) is 12.4. The molecule has 0 aliphatic rings. The summed E-state index contributed by atoms with van der Waals surface area (Å²) in [6.45, 7) is 11.5. The fourth-order valence-corrected chi connectivity index (χ4v) is 10.3. The Morgan fingerprint density at radius 1 is 0.292 bits per heavy atom. The van der Waals surface area contributed by atoms with Crippen LogP contribution < -0.4 is 0 Å². The highest BCUT2D eigenvalue weighted by Gasteiger charge is 2.19. The maximum Gasteiger partial charge on any atom is 0.306 e. The van der Waals surface area contributed by atoms with E-state index in [-0.39, 0.29) is 31.1 Å². The van der Waals surface area contributed by atoms with Crippen LogP contribution in [0.2, 0.25) is 0 Å². The lowest BCUT2D eigenvalue weighted by molar-refractivity contribution is -0.167. The van der Waals surface area contributed by atoms with Crippen molar-refractivity contribution in [3.8, 4) is 0 Å². The van der Waals surface area contributed by atoms with Crippen LogP contribution in [0, 0.1) is 11.8 Å². The highest BCUT2D eigenvalue weighted by molar-refractivity contribution is 5.71. The second-order valence-corrected chi connectivity index (χ2v) is 23.5. The van der Waals surface area contributed by atoms with Crippen molar-refractivity contribution in [1.29, 1.82) is 0 Å². The average molecular weight is 1020 g/mol. The van der Waals surface area contributed by atoms with E-state index in [1.54, 1.807) is 0 Å². The van der Waals surface area contributed by atoms with Crippen molar-refractivity contribution in [2.24, 2.45) is 11.8 Å². The Morgan fingerprint density at radius 2 is 0.528 bits per heavy atom. The van der Waals surface area contributed by atoms with Gasteiger partial charge in [0.05, 0.1) is 0 Å². The minimum atomic E-state index is -0.763. The summed E-state index contributed by atoms with van der Waals surface area (Å²) in [5.74, 6) is 0.933. The van der Waals surface area contributed by atoms with Crippen molar-refractivity contribution in [2.45, 2.75) is 381 Å². The largest absolute Gasteiger partial charge is 0.462 e. The molecule has 2 atom stereocenters. The zero-order valence-corrected chi connectivity index (χ0v) is 49.6. The minimum absolute atomic E-state index is 0.0616. The van der Waals surface area contributed by atoms with Crippen LogP contribution >= 0.6 is 0 Å². The summed E-state index contributed by atoms with van der Waals surface area (Å²) in [6.07, 6.45) is 65.3. The second-order valence-electron chi connectivity index (χ2n) is 23.5. The van der Waals surface area contributed by atoms with Gasteiger partial charge in [0.1, 0.15) is 13.2 Å². The third-order valence-corrected chi connectivity index (χ3v) is 15.6. The van der Waals surface area contributed by atoms with Gasteiger partial charge in [0.2, 0.25) is 0 Å². The van der Waals surface area contributed by atoms with Crippen LogP contribution in [0.25, 0.3) is 0 Å². The molecule has 0 saturated heterocycles. The first kappa shape index (κ1) is 70.4. The first-order chi connectivity index (χ1) is 35.3. The molecule has 0 aromatic carbocycles. The van der Waals surface area contributed by atoms with Gasteiger partial charge in [-0.1, -0.05) is 336 Å². The van der Waals surface area contributed by atoms with E-state index in [1.807, 2.05) is 0 Å². The summed E-state index contributed by atoms with van der Waals surface area (Å²) in [7, 11) is 0. The van der Waals surface area contributed by atoms with Crippen molar-refractivity contribution in [2.75, 3.05) is 13.2 Å². The highest BCUT2D eigenvalue weighted by Crippen LogP contribution is 2.19. The molecule has 0 aromatic rings. The van der Waals surface area contributed by atoms with Crippen molar-refractivity contribution in [3.05, 3.63) is 0 Å². The van der Waals surface area contributed by atoms with Crippen LogP contribution in [0.3, 0.4) is 0 Å². The molecular formula is C66H128O6. The average Bonchev–Trinajstić information content (AvgIpc) is 3.37. The molecule has 1 unspecified atom stereocenters. The quantitative estimate of drug-likeness (QED) is 0.0343. The maximum absolute atomic E-state index is 12.9. The van der Waals surface area contributed by atoms with Crippen LogP contribution in [0.4, 0.5) is 0 Å². The van der Waals surface area contributed by atoms with E-state index >= 15 is 0 Å². The topological polar surface area (TPSA) is 78.9 Å². The molecule has 428 valence electrons. The number of unbranched alkanes of at least 4 members (excludes halogenated alkanes) is 44. The van der Waals surface area contributed by atoms with Gasteiger partial charge < -0.3 is 14.2 Å². The predicted octanol–water partition coefficient (Wildman–Crippen LogP) is 22.0. The van der Waals surface area contributed by atoms with Gasteiger partial charge in [-0.15, -0.1) is 0 Å². The van der Waals surface area contributed by atoms with Gasteiger partial charge in [-0.05, 0) is 31.1 Å². The number of ether oxygens (including phenoxy) is 3. The summed E-state index contributed by atoms with van der Waals surface area (Å²) >= 11 is 0. The van der Waals surface area contributed by atoms with E-state index < -0.39 is 6.10 Å². The lowest BCUT2D eigenvalue weighted by atomic mass is 9.99. The molecule has 0 fully saturated rings. The van der Waals surface area contributed by atoms with E-state index in [0.717, 1.165) is 69.6 Å². The third-order valence-electron chi connectivity index (χ3n) is 15.6. The van der Waals surface area contributed by atoms with Crippen LogP contribution in [0.15, 0.2) is 0 Å². The molecule has 0 saturated carbocycles. The molecule has 6 nitrogen and oxygen atoms in total. The molecule has 0 aliphatic heterocycles. The van der Waals surface area contributed by atoms with Crippen LogP contribution in [0.5, 0.6) is 0 Å².